The van der Waals surface area contributed by atoms with E-state index in [-0.39, 0.29) is 0 Å². The average Bonchev–Trinajstić information content (AvgIpc) is 2.87. The summed E-state index contributed by atoms with van der Waals surface area (Å²) in [5.41, 5.74) is 8.37. The number of fused-ring (bicyclic) bond motifs is 5. The monoisotopic (exact) mass is 268 g/mol. The summed E-state index contributed by atoms with van der Waals surface area (Å²) < 4.78 is 0. The molecular weight excluding hydrogens is 256 g/mol. The van der Waals surface area contributed by atoms with Crippen molar-refractivity contribution < 1.29 is 0 Å². The number of aromatic nitrogens is 2. The zero-order valence-corrected chi connectivity index (χ0v) is 11.6. The van der Waals surface area contributed by atoms with Gasteiger partial charge in [0.1, 0.15) is 0 Å². The topological polar surface area (TPSA) is 25.8 Å². The van der Waals surface area contributed by atoms with Crippen LogP contribution in [-0.2, 0) is 0 Å². The highest BCUT2D eigenvalue weighted by atomic mass is 14.8. The number of rotatable bonds is 0. The third-order valence-corrected chi connectivity index (χ3v) is 4.46. The van der Waals surface area contributed by atoms with Gasteiger partial charge in [-0.1, -0.05) is 36.4 Å². The van der Waals surface area contributed by atoms with Crippen LogP contribution >= 0.6 is 0 Å². The summed E-state index contributed by atoms with van der Waals surface area (Å²) in [6.07, 6.45) is 3.53. The van der Waals surface area contributed by atoms with Gasteiger partial charge in [-0.25, -0.2) is 0 Å². The Hall–Kier alpha value is -2.74. The Morgan fingerprint density at radius 2 is 1.62 bits per heavy atom. The van der Waals surface area contributed by atoms with Gasteiger partial charge in [-0.05, 0) is 46.0 Å². The first-order valence-corrected chi connectivity index (χ1v) is 7.11. The summed E-state index contributed by atoms with van der Waals surface area (Å²) in [5.74, 6) is 0. The second-order valence-corrected chi connectivity index (χ2v) is 5.57. The molecule has 3 aromatic carbocycles. The van der Waals surface area contributed by atoms with Crippen LogP contribution in [0, 0.1) is 6.92 Å². The molecule has 4 aromatic rings. The van der Waals surface area contributed by atoms with E-state index in [4.69, 9.17) is 0 Å². The van der Waals surface area contributed by atoms with Gasteiger partial charge in [0.25, 0.3) is 0 Å². The maximum atomic E-state index is 4.58. The van der Waals surface area contributed by atoms with Crippen molar-refractivity contribution in [2.24, 2.45) is 0 Å². The molecule has 0 spiro atoms. The predicted molar refractivity (Wildman–Crippen MR) is 86.2 cm³/mol. The van der Waals surface area contributed by atoms with Gasteiger partial charge in [0.2, 0.25) is 0 Å². The summed E-state index contributed by atoms with van der Waals surface area (Å²) in [6.45, 7) is 2.17. The number of hydrogen-bond acceptors (Lipinski definition) is 2. The van der Waals surface area contributed by atoms with Crippen LogP contribution in [0.5, 0.6) is 0 Å². The van der Waals surface area contributed by atoms with Crippen molar-refractivity contribution in [1.29, 1.82) is 0 Å². The van der Waals surface area contributed by atoms with Crippen LogP contribution in [0.2, 0.25) is 0 Å². The van der Waals surface area contributed by atoms with Crippen LogP contribution < -0.4 is 0 Å². The molecule has 0 aliphatic heterocycles. The molecule has 1 heterocycles. The van der Waals surface area contributed by atoms with E-state index in [1.54, 1.807) is 12.4 Å². The third kappa shape index (κ3) is 1.27. The highest BCUT2D eigenvalue weighted by molar-refractivity contribution is 6.20. The number of benzene rings is 3. The van der Waals surface area contributed by atoms with Gasteiger partial charge < -0.3 is 0 Å². The minimum Gasteiger partial charge on any atom is -0.253 e. The fraction of sp³-hybridized carbons (Fsp3) is 0.0526. The Morgan fingerprint density at radius 3 is 2.57 bits per heavy atom. The van der Waals surface area contributed by atoms with Gasteiger partial charge in [-0.3, -0.25) is 9.97 Å². The van der Waals surface area contributed by atoms with Crippen LogP contribution in [0.4, 0.5) is 0 Å². The van der Waals surface area contributed by atoms with Crippen LogP contribution in [0.15, 0.2) is 54.9 Å². The molecule has 0 radical (unpaired) electrons. The molecular formula is C19H12N2. The lowest BCUT2D eigenvalue weighted by atomic mass is 9.99. The number of hydrogen-bond donors (Lipinski definition) is 0. The van der Waals surface area contributed by atoms with Crippen molar-refractivity contribution in [3.05, 3.63) is 60.4 Å². The van der Waals surface area contributed by atoms with E-state index in [1.807, 2.05) is 0 Å². The van der Waals surface area contributed by atoms with E-state index in [0.717, 1.165) is 11.0 Å². The Bertz CT molecular complexity index is 1050. The maximum absolute atomic E-state index is 4.58. The molecule has 0 unspecified atom stereocenters. The second-order valence-electron chi connectivity index (χ2n) is 5.57. The quantitative estimate of drug-likeness (QED) is 0.405. The first-order chi connectivity index (χ1) is 10.3. The van der Waals surface area contributed by atoms with Crippen molar-refractivity contribution >= 4 is 21.8 Å². The molecule has 0 fully saturated rings. The zero-order chi connectivity index (χ0) is 14.0. The summed E-state index contributed by atoms with van der Waals surface area (Å²) in [7, 11) is 0. The first kappa shape index (κ1) is 11.0. The fourth-order valence-electron chi connectivity index (χ4n) is 3.52. The molecule has 0 saturated carbocycles. The standard InChI is InChI=1S/C19H12N2/c1-11-5-6-13-14-7-8-16-19(21-10-9-20-16)18(14)15-4-2-3-12(11)17(13)15/h2-10H,1H3. The van der Waals surface area contributed by atoms with E-state index in [9.17, 15) is 0 Å². The van der Waals surface area contributed by atoms with Crippen molar-refractivity contribution in [2.75, 3.05) is 0 Å². The Labute approximate surface area is 122 Å². The Kier molecular flexibility index (Phi) is 1.92. The summed E-state index contributed by atoms with van der Waals surface area (Å²) in [6, 6.07) is 15.2. The second kappa shape index (κ2) is 3.67. The van der Waals surface area contributed by atoms with Gasteiger partial charge >= 0.3 is 0 Å². The Balaban J connectivity index is 2.07. The fourth-order valence-corrected chi connectivity index (χ4v) is 3.52. The van der Waals surface area contributed by atoms with Crippen LogP contribution in [0.25, 0.3) is 44.1 Å². The molecule has 5 rings (SSSR count). The molecule has 2 nitrogen and oxygen atoms in total. The third-order valence-electron chi connectivity index (χ3n) is 4.46. The molecule has 0 atom stereocenters. The van der Waals surface area contributed by atoms with Gasteiger partial charge in [0, 0.05) is 18.0 Å². The molecule has 1 aromatic heterocycles. The van der Waals surface area contributed by atoms with E-state index in [2.05, 4.69) is 59.4 Å². The van der Waals surface area contributed by atoms with Crippen molar-refractivity contribution in [3.63, 3.8) is 0 Å². The number of nitrogens with zero attached hydrogens (tertiary/aromatic N) is 2. The summed E-state index contributed by atoms with van der Waals surface area (Å²) in [4.78, 5) is 9.02. The highest BCUT2D eigenvalue weighted by Crippen LogP contribution is 2.49. The van der Waals surface area contributed by atoms with Crippen molar-refractivity contribution in [1.82, 2.24) is 9.97 Å². The molecule has 98 valence electrons. The lowest BCUT2D eigenvalue weighted by Gasteiger charge is -2.05. The number of aryl methyl sites for hydroxylation is 1. The van der Waals surface area contributed by atoms with Gasteiger partial charge in [-0.15, -0.1) is 0 Å². The van der Waals surface area contributed by atoms with Crippen LogP contribution in [-0.4, -0.2) is 9.97 Å². The predicted octanol–water partition coefficient (Wildman–Crippen LogP) is 4.74. The largest absolute Gasteiger partial charge is 0.253 e. The zero-order valence-electron chi connectivity index (χ0n) is 11.6. The van der Waals surface area contributed by atoms with E-state index in [0.29, 0.717) is 0 Å². The van der Waals surface area contributed by atoms with E-state index >= 15 is 0 Å². The van der Waals surface area contributed by atoms with Crippen molar-refractivity contribution in [2.45, 2.75) is 6.92 Å². The molecule has 0 amide bonds. The van der Waals surface area contributed by atoms with E-state index < -0.39 is 0 Å². The SMILES string of the molecule is Cc1ccc2c3c(cccc13)-c1c-2ccc2nccnc12. The minimum atomic E-state index is 0.956. The molecule has 1 aliphatic rings. The van der Waals surface area contributed by atoms with Crippen LogP contribution in [0.3, 0.4) is 0 Å². The maximum Gasteiger partial charge on any atom is 0.0971 e. The molecule has 0 bridgehead atoms. The molecule has 1 aliphatic carbocycles. The normalized spacial score (nSPS) is 12.0. The lowest BCUT2D eigenvalue weighted by molar-refractivity contribution is 1.30. The van der Waals surface area contributed by atoms with Gasteiger partial charge in [0.05, 0.1) is 11.0 Å². The van der Waals surface area contributed by atoms with Gasteiger partial charge in [-0.2, -0.15) is 0 Å². The first-order valence-electron chi connectivity index (χ1n) is 7.11. The van der Waals surface area contributed by atoms with Crippen LogP contribution in [0.1, 0.15) is 5.56 Å². The minimum absolute atomic E-state index is 0.956. The molecule has 21 heavy (non-hydrogen) atoms. The summed E-state index contributed by atoms with van der Waals surface area (Å²) in [5, 5.41) is 2.68. The molecule has 0 N–H and O–H groups in total. The lowest BCUT2D eigenvalue weighted by Crippen LogP contribution is -1.86. The van der Waals surface area contributed by atoms with Crippen molar-refractivity contribution in [3.8, 4) is 22.3 Å². The smallest absolute Gasteiger partial charge is 0.0971 e. The highest BCUT2D eigenvalue weighted by Gasteiger charge is 2.24. The summed E-state index contributed by atoms with van der Waals surface area (Å²) >= 11 is 0. The Morgan fingerprint density at radius 1 is 0.762 bits per heavy atom. The van der Waals surface area contributed by atoms with Gasteiger partial charge in [0.15, 0.2) is 0 Å². The molecule has 2 heteroatoms. The average molecular weight is 268 g/mol. The van der Waals surface area contributed by atoms with E-state index in [1.165, 1.54) is 38.6 Å². The molecule has 0 saturated heterocycles.